The lowest BCUT2D eigenvalue weighted by atomic mass is 9.68. The Morgan fingerprint density at radius 3 is 2.62 bits per heavy atom. The van der Waals surface area contributed by atoms with Gasteiger partial charge in [-0.3, -0.25) is 14.6 Å². The molecule has 29 heavy (non-hydrogen) atoms. The molecule has 0 bridgehead atoms. The maximum Gasteiger partial charge on any atom is 0.254 e. The van der Waals surface area contributed by atoms with E-state index in [2.05, 4.69) is 10.3 Å². The monoisotopic (exact) mass is 390 g/mol. The highest BCUT2D eigenvalue weighted by molar-refractivity contribution is 6.14. The van der Waals surface area contributed by atoms with Gasteiger partial charge in [-0.2, -0.15) is 0 Å². The van der Waals surface area contributed by atoms with Crippen molar-refractivity contribution in [1.82, 2.24) is 0 Å². The van der Waals surface area contributed by atoms with E-state index in [9.17, 15) is 14.0 Å². The molecule has 1 aliphatic carbocycles. The number of rotatable bonds is 3. The number of Topliss-reactive ketones (excluding diaryl/α,β-unsaturated/α-hetero) is 1. The Morgan fingerprint density at radius 1 is 1.07 bits per heavy atom. The highest BCUT2D eigenvalue weighted by Gasteiger charge is 2.43. The molecule has 0 aromatic heterocycles. The Bertz CT molecular complexity index is 1050. The van der Waals surface area contributed by atoms with E-state index in [0.717, 1.165) is 29.7 Å². The lowest BCUT2D eigenvalue weighted by Crippen LogP contribution is -2.40. The maximum absolute atomic E-state index is 13.6. The summed E-state index contributed by atoms with van der Waals surface area (Å²) in [5.41, 5.74) is 4.34. The van der Waals surface area contributed by atoms with Crippen molar-refractivity contribution in [2.45, 2.75) is 39.0 Å². The lowest BCUT2D eigenvalue weighted by Gasteiger charge is -2.36. The summed E-state index contributed by atoms with van der Waals surface area (Å²) < 4.78 is 13.6. The van der Waals surface area contributed by atoms with Gasteiger partial charge in [0.15, 0.2) is 0 Å². The van der Waals surface area contributed by atoms with Crippen LogP contribution in [0.5, 0.6) is 0 Å². The minimum atomic E-state index is -0.421. The summed E-state index contributed by atoms with van der Waals surface area (Å²) in [6.07, 6.45) is 2.07. The number of hydrogen-bond acceptors (Lipinski definition) is 3. The molecule has 2 aromatic carbocycles. The zero-order valence-corrected chi connectivity index (χ0v) is 16.5. The number of anilines is 1. The SMILES string of the molecule is CC1=C(C(=O)Nc2cccc(F)c2)[C@H](c2ccccc2C)C2C(=O)CCCC2=N1. The average Bonchev–Trinajstić information content (AvgIpc) is 2.67. The number of aliphatic imine (C=N–C) groups is 1. The van der Waals surface area contributed by atoms with Gasteiger partial charge < -0.3 is 5.32 Å². The van der Waals surface area contributed by atoms with Gasteiger partial charge in [0.1, 0.15) is 11.6 Å². The van der Waals surface area contributed by atoms with Gasteiger partial charge in [-0.1, -0.05) is 30.3 Å². The van der Waals surface area contributed by atoms with E-state index < -0.39 is 11.7 Å². The number of carbonyl (C=O) groups is 2. The van der Waals surface area contributed by atoms with Crippen LogP contribution in [0, 0.1) is 18.7 Å². The summed E-state index contributed by atoms with van der Waals surface area (Å²) in [6, 6.07) is 13.6. The summed E-state index contributed by atoms with van der Waals surface area (Å²) in [7, 11) is 0. The van der Waals surface area contributed by atoms with E-state index in [1.165, 1.54) is 12.1 Å². The predicted molar refractivity (Wildman–Crippen MR) is 111 cm³/mol. The van der Waals surface area contributed by atoms with E-state index in [1.54, 1.807) is 12.1 Å². The first kappa shape index (κ1) is 19.2. The van der Waals surface area contributed by atoms with Crippen LogP contribution in [0.2, 0.25) is 0 Å². The lowest BCUT2D eigenvalue weighted by molar-refractivity contribution is -0.122. The number of allylic oxidation sites excluding steroid dienone is 1. The van der Waals surface area contributed by atoms with Gasteiger partial charge in [0.25, 0.3) is 5.91 Å². The molecule has 1 N–H and O–H groups in total. The molecule has 0 spiro atoms. The van der Waals surface area contributed by atoms with Crippen molar-refractivity contribution in [1.29, 1.82) is 0 Å². The van der Waals surface area contributed by atoms with Gasteiger partial charge >= 0.3 is 0 Å². The normalized spacial score (nSPS) is 21.5. The van der Waals surface area contributed by atoms with Crippen molar-refractivity contribution in [2.24, 2.45) is 10.9 Å². The third kappa shape index (κ3) is 3.65. The van der Waals surface area contributed by atoms with Crippen LogP contribution in [-0.2, 0) is 9.59 Å². The van der Waals surface area contributed by atoms with E-state index in [1.807, 2.05) is 38.1 Å². The summed E-state index contributed by atoms with van der Waals surface area (Å²) in [6.45, 7) is 3.81. The molecule has 0 radical (unpaired) electrons. The van der Waals surface area contributed by atoms with Gasteiger partial charge in [-0.25, -0.2) is 4.39 Å². The average molecular weight is 390 g/mol. The van der Waals surface area contributed by atoms with Crippen LogP contribution in [0.25, 0.3) is 0 Å². The van der Waals surface area contributed by atoms with Crippen molar-refractivity contribution < 1.29 is 14.0 Å². The molecule has 148 valence electrons. The number of nitrogens with zero attached hydrogens (tertiary/aromatic N) is 1. The largest absolute Gasteiger partial charge is 0.322 e. The summed E-state index contributed by atoms with van der Waals surface area (Å²) in [5, 5.41) is 2.80. The highest BCUT2D eigenvalue weighted by atomic mass is 19.1. The Balaban J connectivity index is 1.81. The fourth-order valence-electron chi connectivity index (χ4n) is 4.45. The van der Waals surface area contributed by atoms with Gasteiger partial charge in [0.2, 0.25) is 0 Å². The van der Waals surface area contributed by atoms with Crippen LogP contribution < -0.4 is 5.32 Å². The first-order valence-corrected chi connectivity index (χ1v) is 9.89. The van der Waals surface area contributed by atoms with E-state index in [-0.39, 0.29) is 17.6 Å². The van der Waals surface area contributed by atoms with E-state index in [4.69, 9.17) is 0 Å². The molecule has 1 saturated carbocycles. The van der Waals surface area contributed by atoms with Crippen LogP contribution in [-0.4, -0.2) is 17.4 Å². The third-order valence-electron chi connectivity index (χ3n) is 5.76. The standard InChI is InChI=1S/C24H23FN2O2/c1-14-7-3-4-10-18(14)22-21(24(29)27-17-9-5-8-16(25)13-17)15(2)26-19-11-6-12-20(28)23(19)22/h3-5,7-10,13,22-23H,6,11-12H2,1-2H3,(H,27,29)/t22-,23?/m0/s1. The highest BCUT2D eigenvalue weighted by Crippen LogP contribution is 2.43. The fourth-order valence-corrected chi connectivity index (χ4v) is 4.45. The second-order valence-corrected chi connectivity index (χ2v) is 7.70. The van der Waals surface area contributed by atoms with Gasteiger partial charge in [-0.05, 0) is 56.0 Å². The van der Waals surface area contributed by atoms with Crippen molar-refractivity contribution in [3.8, 4) is 0 Å². The van der Waals surface area contributed by atoms with Crippen LogP contribution in [0.15, 0.2) is 64.8 Å². The molecular formula is C24H23FN2O2. The number of nitrogens with one attached hydrogen (secondary N) is 1. The zero-order chi connectivity index (χ0) is 20.5. The van der Waals surface area contributed by atoms with Crippen LogP contribution >= 0.6 is 0 Å². The molecule has 4 rings (SSSR count). The van der Waals surface area contributed by atoms with Gasteiger partial charge in [0.05, 0.1) is 5.92 Å². The molecule has 1 unspecified atom stereocenters. The minimum absolute atomic E-state index is 0.131. The molecule has 1 fully saturated rings. The van der Waals surface area contributed by atoms with Crippen molar-refractivity contribution in [2.75, 3.05) is 5.32 Å². The molecule has 5 heteroatoms. The van der Waals surface area contributed by atoms with Crippen LogP contribution in [0.4, 0.5) is 10.1 Å². The van der Waals surface area contributed by atoms with Crippen LogP contribution in [0.3, 0.4) is 0 Å². The maximum atomic E-state index is 13.6. The third-order valence-corrected chi connectivity index (χ3v) is 5.76. The minimum Gasteiger partial charge on any atom is -0.322 e. The predicted octanol–water partition coefficient (Wildman–Crippen LogP) is 4.95. The second-order valence-electron chi connectivity index (χ2n) is 7.70. The van der Waals surface area contributed by atoms with E-state index >= 15 is 0 Å². The summed E-state index contributed by atoms with van der Waals surface area (Å²) in [4.78, 5) is 30.9. The van der Waals surface area contributed by atoms with Crippen molar-refractivity contribution >= 4 is 23.1 Å². The number of halogens is 1. The summed E-state index contributed by atoms with van der Waals surface area (Å²) >= 11 is 0. The number of aryl methyl sites for hydroxylation is 1. The molecule has 2 aromatic rings. The number of fused-ring (bicyclic) bond motifs is 1. The fraction of sp³-hybridized carbons (Fsp3) is 0.292. The molecular weight excluding hydrogens is 367 g/mol. The smallest absolute Gasteiger partial charge is 0.254 e. The Hall–Kier alpha value is -3.08. The van der Waals surface area contributed by atoms with Crippen molar-refractivity contribution in [3.05, 3.63) is 76.7 Å². The topological polar surface area (TPSA) is 58.5 Å². The zero-order valence-electron chi connectivity index (χ0n) is 16.5. The molecule has 0 saturated heterocycles. The first-order chi connectivity index (χ1) is 14.0. The number of ketones is 1. The summed E-state index contributed by atoms with van der Waals surface area (Å²) in [5.74, 6) is -1.43. The Morgan fingerprint density at radius 2 is 1.86 bits per heavy atom. The molecule has 1 aliphatic heterocycles. The molecule has 1 heterocycles. The quantitative estimate of drug-likeness (QED) is 0.806. The van der Waals surface area contributed by atoms with Crippen LogP contribution in [0.1, 0.15) is 43.2 Å². The molecule has 4 nitrogen and oxygen atoms in total. The second kappa shape index (κ2) is 7.74. The number of hydrogen-bond donors (Lipinski definition) is 1. The molecule has 1 amide bonds. The van der Waals surface area contributed by atoms with E-state index in [0.29, 0.717) is 23.4 Å². The first-order valence-electron chi connectivity index (χ1n) is 9.89. The van der Waals surface area contributed by atoms with Gasteiger partial charge in [0, 0.05) is 35.0 Å². The number of carbonyl (C=O) groups excluding carboxylic acids is 2. The Kier molecular flexibility index (Phi) is 5.14. The Labute approximate surface area is 169 Å². The molecule has 2 atom stereocenters. The van der Waals surface area contributed by atoms with Gasteiger partial charge in [-0.15, -0.1) is 0 Å². The number of amides is 1. The van der Waals surface area contributed by atoms with Crippen molar-refractivity contribution in [3.63, 3.8) is 0 Å². The molecule has 2 aliphatic rings. The number of benzene rings is 2.